The van der Waals surface area contributed by atoms with Gasteiger partial charge in [-0.25, -0.2) is 0 Å². The van der Waals surface area contributed by atoms with Gasteiger partial charge in [-0.05, 0) is 59.5 Å². The monoisotopic (exact) mass is 586 g/mol. The number of furan rings is 1. The summed E-state index contributed by atoms with van der Waals surface area (Å²) in [6.45, 7) is 1.45. The van der Waals surface area contributed by atoms with Crippen molar-refractivity contribution < 1.29 is 16.0 Å². The Balaban J connectivity index is 1.24. The Labute approximate surface area is 258 Å². The predicted molar refractivity (Wildman–Crippen MR) is 181 cm³/mol. The first kappa shape index (κ1) is 23.5. The van der Waals surface area contributed by atoms with E-state index >= 15 is 0 Å². The van der Waals surface area contributed by atoms with Crippen LogP contribution in [0.4, 0.5) is 0 Å². The molecule has 5 nitrogen and oxygen atoms in total. The molecule has 0 aliphatic carbocycles. The van der Waals surface area contributed by atoms with E-state index in [1.165, 1.54) is 6.92 Å². The average Bonchev–Trinajstić information content (AvgIpc) is 3.47. The van der Waals surface area contributed by atoms with Crippen LogP contribution in [0, 0.1) is 0 Å². The molecule has 0 saturated carbocycles. The molecule has 0 N–H and O–H groups in total. The number of benzene rings is 6. The second-order valence-corrected chi connectivity index (χ2v) is 11.2. The highest BCUT2D eigenvalue weighted by Crippen LogP contribution is 2.40. The molecule has 5 heteroatoms. The van der Waals surface area contributed by atoms with E-state index in [0.29, 0.717) is 16.5 Å². The van der Waals surface area contributed by atoms with Gasteiger partial charge in [0.05, 0.1) is 16.2 Å². The van der Waals surface area contributed by atoms with Crippen LogP contribution in [0.25, 0.3) is 88.1 Å². The zero-order valence-electron chi connectivity index (χ0n) is 26.0. The minimum atomic E-state index is -1.60. The normalized spacial score (nSPS) is 12.9. The highest BCUT2D eigenvalue weighted by Gasteiger charge is 2.19. The Morgan fingerprint density at radius 3 is 1.98 bits per heavy atom. The van der Waals surface area contributed by atoms with E-state index in [9.17, 15) is 9.59 Å². The first-order valence-corrected chi connectivity index (χ1v) is 14.7. The van der Waals surface area contributed by atoms with Crippen LogP contribution in [0.3, 0.4) is 0 Å². The maximum Gasteiger partial charge on any atom is 0.204 e. The number of hydrogen-bond acceptors (Lipinski definition) is 5. The van der Waals surface area contributed by atoms with Crippen molar-refractivity contribution in [1.82, 2.24) is 0 Å². The largest absolute Gasteiger partial charge is 0.456 e. The Hall–Kier alpha value is -5.94. The summed E-state index contributed by atoms with van der Waals surface area (Å²) in [7, 11) is 0. The summed E-state index contributed by atoms with van der Waals surface area (Å²) >= 11 is 0. The van der Waals surface area contributed by atoms with Gasteiger partial charge in [-0.2, -0.15) is 0 Å². The molecule has 0 fully saturated rings. The van der Waals surface area contributed by atoms with Gasteiger partial charge < -0.3 is 13.3 Å². The number of fused-ring (bicyclic) bond motifs is 8. The Bertz CT molecular complexity index is 2870. The lowest BCUT2D eigenvalue weighted by molar-refractivity contribution is 0.649. The van der Waals surface area contributed by atoms with Gasteiger partial charge in [0.2, 0.25) is 10.9 Å². The third-order valence-corrected chi connectivity index (χ3v) is 8.68. The molecule has 3 aromatic heterocycles. The maximum absolute atomic E-state index is 14.0. The van der Waals surface area contributed by atoms with Crippen molar-refractivity contribution in [3.8, 4) is 22.3 Å². The standard InChI is InChI=1S/C40H24O5/c1-2-22-14-16-29-34(20-22)43-33-19-17-30-36(41)31-21-24(15-18-32(31)44-40(30)35(33)37(29)42)26-11-7-13-28-27-12-6-10-25(38(27)45-39(26)28)23-8-4-3-5-9-23/h3-21H,2H2,1H3/i2D2. The van der Waals surface area contributed by atoms with Gasteiger partial charge in [-0.3, -0.25) is 9.59 Å². The Morgan fingerprint density at radius 1 is 0.511 bits per heavy atom. The van der Waals surface area contributed by atoms with Crippen molar-refractivity contribution in [1.29, 1.82) is 0 Å². The molecule has 6 aromatic carbocycles. The molecule has 9 rings (SSSR count). The van der Waals surface area contributed by atoms with E-state index in [2.05, 4.69) is 24.3 Å². The van der Waals surface area contributed by atoms with Crippen LogP contribution < -0.4 is 10.9 Å². The fourth-order valence-electron chi connectivity index (χ4n) is 6.46. The van der Waals surface area contributed by atoms with Crippen molar-refractivity contribution >= 4 is 65.8 Å². The van der Waals surface area contributed by atoms with E-state index in [4.69, 9.17) is 16.0 Å². The van der Waals surface area contributed by atoms with Crippen LogP contribution in [0.1, 0.15) is 15.2 Å². The number of para-hydroxylation sites is 2. The average molecular weight is 587 g/mol. The third-order valence-electron chi connectivity index (χ3n) is 8.68. The Kier molecular flexibility index (Phi) is 4.98. The summed E-state index contributed by atoms with van der Waals surface area (Å²) in [5.74, 6) is 0. The molecule has 9 aromatic rings. The quantitative estimate of drug-likeness (QED) is 0.152. The molecule has 3 heterocycles. The molecule has 0 aliphatic heterocycles. The molecule has 0 saturated heterocycles. The van der Waals surface area contributed by atoms with Gasteiger partial charge in [0.15, 0.2) is 5.58 Å². The summed E-state index contributed by atoms with van der Waals surface area (Å²) in [5.41, 5.74) is 6.07. The van der Waals surface area contributed by atoms with Crippen molar-refractivity contribution in [2.24, 2.45) is 0 Å². The van der Waals surface area contributed by atoms with E-state index in [1.54, 1.807) is 36.4 Å². The molecule has 0 aliphatic rings. The van der Waals surface area contributed by atoms with Crippen LogP contribution in [0.5, 0.6) is 0 Å². The third kappa shape index (κ3) is 3.74. The molecule has 214 valence electrons. The number of aryl methyl sites for hydroxylation is 1. The SMILES string of the molecule is [2H]C([2H])(C)c1ccc2c(=O)c3c(ccc4c(=O)c5cc(-c6cccc7c6oc6c(-c8ccccc8)cccc67)ccc5oc43)oc2c1. The summed E-state index contributed by atoms with van der Waals surface area (Å²) in [4.78, 5) is 27.7. The van der Waals surface area contributed by atoms with Crippen LogP contribution in [-0.4, -0.2) is 0 Å². The van der Waals surface area contributed by atoms with E-state index < -0.39 is 6.37 Å². The van der Waals surface area contributed by atoms with Crippen LogP contribution in [0.2, 0.25) is 0 Å². The molecule has 0 radical (unpaired) electrons. The van der Waals surface area contributed by atoms with E-state index in [1.807, 2.05) is 54.6 Å². The van der Waals surface area contributed by atoms with Crippen LogP contribution in [-0.2, 0) is 6.37 Å². The second kappa shape index (κ2) is 9.53. The zero-order valence-corrected chi connectivity index (χ0v) is 24.0. The van der Waals surface area contributed by atoms with Gasteiger partial charge in [0.25, 0.3) is 0 Å². The zero-order chi connectivity index (χ0) is 32.0. The summed E-state index contributed by atoms with van der Waals surface area (Å²) < 4.78 is 35.0. The Morgan fingerprint density at radius 2 is 1.22 bits per heavy atom. The fraction of sp³-hybridized carbons (Fsp3) is 0.0500. The molecule has 0 spiro atoms. The van der Waals surface area contributed by atoms with E-state index in [-0.39, 0.29) is 43.8 Å². The molecule has 45 heavy (non-hydrogen) atoms. The van der Waals surface area contributed by atoms with Crippen molar-refractivity contribution in [3.05, 3.63) is 141 Å². The lowest BCUT2D eigenvalue weighted by Gasteiger charge is -2.08. The molecule has 0 atom stereocenters. The first-order chi connectivity index (χ1) is 22.8. The van der Waals surface area contributed by atoms with Crippen LogP contribution >= 0.6 is 0 Å². The lowest BCUT2D eigenvalue weighted by atomic mass is 9.99. The summed E-state index contributed by atoms with van der Waals surface area (Å²) in [5, 5.41) is 3.10. The highest BCUT2D eigenvalue weighted by molar-refractivity contribution is 6.13. The molecular weight excluding hydrogens is 560 g/mol. The fourth-order valence-corrected chi connectivity index (χ4v) is 6.46. The highest BCUT2D eigenvalue weighted by atomic mass is 16.3. The van der Waals surface area contributed by atoms with Gasteiger partial charge in [-0.15, -0.1) is 0 Å². The van der Waals surface area contributed by atoms with E-state index in [0.717, 1.165) is 44.2 Å². The summed E-state index contributed by atoms with van der Waals surface area (Å²) in [6, 6.07) is 35.6. The first-order valence-electron chi connectivity index (χ1n) is 15.7. The van der Waals surface area contributed by atoms with Gasteiger partial charge in [0, 0.05) is 24.6 Å². The minimum absolute atomic E-state index is 0.158. The molecular formula is C40H24O5. The van der Waals surface area contributed by atoms with Crippen molar-refractivity contribution in [2.45, 2.75) is 13.3 Å². The smallest absolute Gasteiger partial charge is 0.204 e. The van der Waals surface area contributed by atoms with Crippen molar-refractivity contribution in [2.75, 3.05) is 0 Å². The van der Waals surface area contributed by atoms with Crippen molar-refractivity contribution in [3.63, 3.8) is 0 Å². The minimum Gasteiger partial charge on any atom is -0.456 e. The second-order valence-electron chi connectivity index (χ2n) is 11.2. The summed E-state index contributed by atoms with van der Waals surface area (Å²) in [6.07, 6.45) is -1.60. The van der Waals surface area contributed by atoms with Gasteiger partial charge in [0.1, 0.15) is 33.3 Å². The molecule has 0 unspecified atom stereocenters. The number of rotatable bonds is 3. The topological polar surface area (TPSA) is 73.6 Å². The molecule has 0 bridgehead atoms. The van der Waals surface area contributed by atoms with Crippen LogP contribution in [0.15, 0.2) is 138 Å². The maximum atomic E-state index is 14.0. The predicted octanol–water partition coefficient (Wildman–Crippen LogP) is 10.0. The number of hydrogen-bond donors (Lipinski definition) is 0. The lowest BCUT2D eigenvalue weighted by Crippen LogP contribution is -2.07. The van der Waals surface area contributed by atoms with Gasteiger partial charge in [-0.1, -0.05) is 85.8 Å². The molecule has 0 amide bonds. The van der Waals surface area contributed by atoms with Gasteiger partial charge >= 0.3 is 0 Å².